The molecule has 100 valence electrons. The van der Waals surface area contributed by atoms with Gasteiger partial charge in [-0.25, -0.2) is 0 Å². The van der Waals surface area contributed by atoms with E-state index in [0.717, 1.165) is 11.1 Å². The Morgan fingerprint density at radius 2 is 1.35 bits per heavy atom. The lowest BCUT2D eigenvalue weighted by molar-refractivity contribution is -0.333. The monoisotopic (exact) mass is 267 g/mol. The third-order valence-corrected chi connectivity index (χ3v) is 3.17. The minimum absolute atomic E-state index is 0.769. The van der Waals surface area contributed by atoms with Crippen LogP contribution in [0.5, 0.6) is 0 Å². The SMILES string of the molecule is CC1(C#N)OOC(c2ccccc2)(c2ccccc2)O1. The summed E-state index contributed by atoms with van der Waals surface area (Å²) in [4.78, 5) is 10.6. The quantitative estimate of drug-likeness (QED) is 0.784. The highest BCUT2D eigenvalue weighted by Crippen LogP contribution is 2.44. The Labute approximate surface area is 117 Å². The third kappa shape index (κ3) is 1.98. The van der Waals surface area contributed by atoms with Crippen LogP contribution in [-0.2, 0) is 20.3 Å². The minimum atomic E-state index is -1.44. The van der Waals surface area contributed by atoms with Crippen molar-refractivity contribution in [2.75, 3.05) is 0 Å². The number of benzene rings is 2. The molecule has 0 aromatic heterocycles. The van der Waals surface area contributed by atoms with Gasteiger partial charge in [-0.15, -0.1) is 0 Å². The smallest absolute Gasteiger partial charge is 0.289 e. The molecule has 1 aliphatic heterocycles. The predicted molar refractivity (Wildman–Crippen MR) is 70.9 cm³/mol. The van der Waals surface area contributed by atoms with Gasteiger partial charge in [0.15, 0.2) is 0 Å². The third-order valence-electron chi connectivity index (χ3n) is 3.17. The Kier molecular flexibility index (Phi) is 3.03. The van der Waals surface area contributed by atoms with Gasteiger partial charge in [0.1, 0.15) is 6.07 Å². The van der Waals surface area contributed by atoms with Crippen LogP contribution < -0.4 is 0 Å². The van der Waals surface area contributed by atoms with Crippen molar-refractivity contribution in [2.45, 2.75) is 18.5 Å². The lowest BCUT2D eigenvalue weighted by atomic mass is 9.97. The summed E-state index contributed by atoms with van der Waals surface area (Å²) in [7, 11) is 0. The Balaban J connectivity index is 2.14. The van der Waals surface area contributed by atoms with Crippen molar-refractivity contribution in [1.82, 2.24) is 0 Å². The fourth-order valence-electron chi connectivity index (χ4n) is 2.18. The van der Waals surface area contributed by atoms with Gasteiger partial charge in [-0.3, -0.25) is 4.74 Å². The molecule has 3 rings (SSSR count). The first kappa shape index (κ1) is 12.8. The summed E-state index contributed by atoms with van der Waals surface area (Å²) >= 11 is 0. The first-order valence-corrected chi connectivity index (χ1v) is 6.28. The first-order chi connectivity index (χ1) is 9.69. The van der Waals surface area contributed by atoms with E-state index < -0.39 is 11.6 Å². The molecule has 0 spiro atoms. The van der Waals surface area contributed by atoms with Crippen LogP contribution in [0.2, 0.25) is 0 Å². The van der Waals surface area contributed by atoms with Gasteiger partial charge in [0.2, 0.25) is 0 Å². The molecule has 4 heteroatoms. The maximum absolute atomic E-state index is 9.17. The number of rotatable bonds is 2. The Bertz CT molecular complexity index is 596. The summed E-state index contributed by atoms with van der Waals surface area (Å²) in [6.07, 6.45) is 0. The van der Waals surface area contributed by atoms with E-state index in [9.17, 15) is 5.26 Å². The van der Waals surface area contributed by atoms with Crippen LogP contribution in [0.3, 0.4) is 0 Å². The van der Waals surface area contributed by atoms with Crippen molar-refractivity contribution in [3.63, 3.8) is 0 Å². The van der Waals surface area contributed by atoms with Crippen molar-refractivity contribution in [1.29, 1.82) is 5.26 Å². The second kappa shape index (κ2) is 4.73. The maximum Gasteiger partial charge on any atom is 0.289 e. The Morgan fingerprint density at radius 3 is 1.75 bits per heavy atom. The summed E-state index contributed by atoms with van der Waals surface area (Å²) in [5.41, 5.74) is 1.54. The van der Waals surface area contributed by atoms with Gasteiger partial charge in [0.05, 0.1) is 0 Å². The van der Waals surface area contributed by atoms with Crippen molar-refractivity contribution >= 4 is 0 Å². The average molecular weight is 267 g/mol. The highest BCUT2D eigenvalue weighted by Gasteiger charge is 2.53. The van der Waals surface area contributed by atoms with E-state index in [4.69, 9.17) is 14.5 Å². The summed E-state index contributed by atoms with van der Waals surface area (Å²) in [5.74, 6) is -2.67. The predicted octanol–water partition coefficient (Wildman–Crippen LogP) is 3.11. The number of hydrogen-bond donors (Lipinski definition) is 0. The van der Waals surface area contributed by atoms with Crippen molar-refractivity contribution < 1.29 is 14.5 Å². The van der Waals surface area contributed by atoms with Crippen LogP contribution >= 0.6 is 0 Å². The highest BCUT2D eigenvalue weighted by molar-refractivity contribution is 5.34. The molecule has 1 aliphatic rings. The second-order valence-corrected chi connectivity index (χ2v) is 4.67. The molecule has 1 saturated heterocycles. The molecule has 0 aliphatic carbocycles. The highest BCUT2D eigenvalue weighted by atomic mass is 17.3. The van der Waals surface area contributed by atoms with E-state index in [-0.39, 0.29) is 0 Å². The molecule has 4 nitrogen and oxygen atoms in total. The molecule has 1 unspecified atom stereocenters. The van der Waals surface area contributed by atoms with Gasteiger partial charge < -0.3 is 0 Å². The number of nitriles is 1. The van der Waals surface area contributed by atoms with E-state index in [1.807, 2.05) is 66.7 Å². The normalized spacial score (nSPS) is 24.2. The minimum Gasteiger partial charge on any atom is -0.292 e. The molecule has 0 bridgehead atoms. The molecule has 20 heavy (non-hydrogen) atoms. The van der Waals surface area contributed by atoms with Crippen LogP contribution in [-0.4, -0.2) is 5.79 Å². The molecule has 1 fully saturated rings. The van der Waals surface area contributed by atoms with Gasteiger partial charge in [-0.1, -0.05) is 60.7 Å². The van der Waals surface area contributed by atoms with Crippen LogP contribution in [0.4, 0.5) is 0 Å². The molecule has 1 heterocycles. The van der Waals surface area contributed by atoms with Crippen LogP contribution in [0.15, 0.2) is 60.7 Å². The van der Waals surface area contributed by atoms with Gasteiger partial charge >= 0.3 is 0 Å². The fraction of sp³-hybridized carbons (Fsp3) is 0.188. The molecule has 1 atom stereocenters. The molecule has 0 radical (unpaired) electrons. The standard InChI is InChI=1S/C16H13NO3/c1-15(12-17)18-16(20-19-15,13-8-4-2-5-9-13)14-10-6-3-7-11-14/h2-11H,1H3. The number of ether oxygens (including phenoxy) is 1. The lowest BCUT2D eigenvalue weighted by Gasteiger charge is -2.26. The summed E-state index contributed by atoms with van der Waals surface area (Å²) in [6.45, 7) is 1.53. The van der Waals surface area contributed by atoms with Gasteiger partial charge in [0, 0.05) is 18.1 Å². The molecule has 0 saturated carbocycles. The number of hydrogen-bond acceptors (Lipinski definition) is 4. The van der Waals surface area contributed by atoms with E-state index in [1.165, 1.54) is 6.92 Å². The molecular weight excluding hydrogens is 254 g/mol. The van der Waals surface area contributed by atoms with Gasteiger partial charge in [0.25, 0.3) is 11.6 Å². The van der Waals surface area contributed by atoms with Crippen LogP contribution in [0, 0.1) is 11.3 Å². The molecule has 2 aromatic rings. The van der Waals surface area contributed by atoms with E-state index in [0.29, 0.717) is 0 Å². The topological polar surface area (TPSA) is 51.5 Å². The average Bonchev–Trinajstić information content (AvgIpc) is 2.89. The van der Waals surface area contributed by atoms with Gasteiger partial charge in [-0.2, -0.15) is 15.0 Å². The zero-order chi connectivity index (χ0) is 14.1. The van der Waals surface area contributed by atoms with E-state index >= 15 is 0 Å². The van der Waals surface area contributed by atoms with E-state index in [2.05, 4.69) is 0 Å². The summed E-state index contributed by atoms with van der Waals surface area (Å²) < 4.78 is 5.85. The fourth-order valence-corrected chi connectivity index (χ4v) is 2.18. The summed E-state index contributed by atoms with van der Waals surface area (Å²) in [6, 6.07) is 20.8. The second-order valence-electron chi connectivity index (χ2n) is 4.67. The molecule has 0 amide bonds. The summed E-state index contributed by atoms with van der Waals surface area (Å²) in [5, 5.41) is 9.17. The maximum atomic E-state index is 9.17. The number of nitrogens with zero attached hydrogens (tertiary/aromatic N) is 1. The zero-order valence-corrected chi connectivity index (χ0v) is 10.9. The molecular formula is C16H13NO3. The Hall–Kier alpha value is -2.19. The molecule has 2 aromatic carbocycles. The lowest BCUT2D eigenvalue weighted by Crippen LogP contribution is -2.32. The van der Waals surface area contributed by atoms with Crippen LogP contribution in [0.1, 0.15) is 18.1 Å². The van der Waals surface area contributed by atoms with Crippen LogP contribution in [0.25, 0.3) is 0 Å². The van der Waals surface area contributed by atoms with Gasteiger partial charge in [-0.05, 0) is 0 Å². The van der Waals surface area contributed by atoms with E-state index in [1.54, 1.807) is 0 Å². The largest absolute Gasteiger partial charge is 0.292 e. The van der Waals surface area contributed by atoms with Crippen molar-refractivity contribution in [2.24, 2.45) is 0 Å². The molecule has 0 N–H and O–H groups in total. The zero-order valence-electron chi connectivity index (χ0n) is 10.9. The Morgan fingerprint density at radius 1 is 0.850 bits per heavy atom. The first-order valence-electron chi connectivity index (χ1n) is 6.28. The van der Waals surface area contributed by atoms with Crippen molar-refractivity contribution in [3.8, 4) is 6.07 Å². The van der Waals surface area contributed by atoms with Crippen molar-refractivity contribution in [3.05, 3.63) is 71.8 Å².